The largest absolute Gasteiger partial charge is 0.444 e. The number of ether oxygens (including phenoxy) is 1. The highest BCUT2D eigenvalue weighted by atomic mass is 35.5. The van der Waals surface area contributed by atoms with E-state index in [0.717, 1.165) is 17.0 Å². The zero-order valence-corrected chi connectivity index (χ0v) is 15.4. The monoisotopic (exact) mass is 346 g/mol. The van der Waals surface area contributed by atoms with E-state index in [1.165, 1.54) is 16.5 Å². The molecule has 1 aliphatic heterocycles. The summed E-state index contributed by atoms with van der Waals surface area (Å²) >= 11 is 6.11. The minimum Gasteiger partial charge on any atom is -0.444 e. The zero-order chi connectivity index (χ0) is 17.5. The molecule has 1 amide bonds. The lowest BCUT2D eigenvalue weighted by Gasteiger charge is -2.29. The van der Waals surface area contributed by atoms with E-state index in [1.54, 1.807) is 4.90 Å². The van der Waals surface area contributed by atoms with Crippen molar-refractivity contribution in [3.63, 3.8) is 0 Å². The fourth-order valence-electron chi connectivity index (χ4n) is 3.02. The molecule has 24 heavy (non-hydrogen) atoms. The summed E-state index contributed by atoms with van der Waals surface area (Å²) in [5.41, 5.74) is 3.14. The second kappa shape index (κ2) is 6.17. The molecule has 1 aromatic heterocycles. The van der Waals surface area contributed by atoms with Gasteiger partial charge < -0.3 is 14.2 Å². The van der Waals surface area contributed by atoms with Crippen molar-refractivity contribution in [3.8, 4) is 0 Å². The summed E-state index contributed by atoms with van der Waals surface area (Å²) in [7, 11) is 2.03. The van der Waals surface area contributed by atoms with Crippen LogP contribution in [0.1, 0.15) is 32.8 Å². The molecule has 2 aromatic rings. The molecule has 0 unspecified atom stereocenters. The third-order valence-electron chi connectivity index (χ3n) is 4.16. The number of rotatable bonds is 1. The van der Waals surface area contributed by atoms with Crippen molar-refractivity contribution >= 4 is 34.2 Å². The summed E-state index contributed by atoms with van der Waals surface area (Å²) in [4.78, 5) is 13.9. The Hall–Kier alpha value is -1.94. The first kappa shape index (κ1) is 16.9. The average Bonchev–Trinajstić information content (AvgIpc) is 2.82. The molecule has 2 heterocycles. The fraction of sp³-hybridized carbons (Fsp3) is 0.421. The van der Waals surface area contributed by atoms with Gasteiger partial charge in [0.1, 0.15) is 5.60 Å². The Morgan fingerprint density at radius 3 is 2.67 bits per heavy atom. The SMILES string of the molecule is Cn1cc(C2=CCN(C(=O)OC(C)(C)C)CC2)c2ccc(Cl)cc21. The van der Waals surface area contributed by atoms with Crippen molar-refractivity contribution in [3.05, 3.63) is 41.1 Å². The summed E-state index contributed by atoms with van der Waals surface area (Å²) < 4.78 is 7.54. The number of nitrogens with zero attached hydrogens (tertiary/aromatic N) is 2. The van der Waals surface area contributed by atoms with E-state index in [0.29, 0.717) is 13.1 Å². The van der Waals surface area contributed by atoms with E-state index >= 15 is 0 Å². The van der Waals surface area contributed by atoms with Gasteiger partial charge >= 0.3 is 6.09 Å². The van der Waals surface area contributed by atoms with Crippen LogP contribution in [0.2, 0.25) is 5.02 Å². The van der Waals surface area contributed by atoms with Crippen LogP contribution in [0.25, 0.3) is 16.5 Å². The topological polar surface area (TPSA) is 34.5 Å². The molecule has 0 radical (unpaired) electrons. The van der Waals surface area contributed by atoms with Crippen LogP contribution in [0, 0.1) is 0 Å². The van der Waals surface area contributed by atoms with Crippen LogP contribution in [0.4, 0.5) is 4.79 Å². The third kappa shape index (κ3) is 3.44. The van der Waals surface area contributed by atoms with Crippen molar-refractivity contribution < 1.29 is 9.53 Å². The Balaban J connectivity index is 1.82. The number of carbonyl (C=O) groups excluding carboxylic acids is 1. The smallest absolute Gasteiger partial charge is 0.410 e. The number of aryl methyl sites for hydroxylation is 1. The normalized spacial score (nSPS) is 15.5. The van der Waals surface area contributed by atoms with Gasteiger partial charge in [0, 0.05) is 47.8 Å². The fourth-order valence-corrected chi connectivity index (χ4v) is 3.19. The maximum Gasteiger partial charge on any atom is 0.410 e. The molecule has 1 aliphatic rings. The molecule has 128 valence electrons. The minimum atomic E-state index is -0.462. The number of carbonyl (C=O) groups is 1. The van der Waals surface area contributed by atoms with Gasteiger partial charge in [-0.1, -0.05) is 23.7 Å². The van der Waals surface area contributed by atoms with E-state index in [9.17, 15) is 4.79 Å². The first-order chi connectivity index (χ1) is 11.2. The lowest BCUT2D eigenvalue weighted by Crippen LogP contribution is -2.39. The van der Waals surface area contributed by atoms with Crippen molar-refractivity contribution in [2.24, 2.45) is 7.05 Å². The highest BCUT2D eigenvalue weighted by Gasteiger charge is 2.24. The van der Waals surface area contributed by atoms with Gasteiger partial charge in [0.15, 0.2) is 0 Å². The quantitative estimate of drug-likeness (QED) is 0.739. The predicted octanol–water partition coefficient (Wildman–Crippen LogP) is 4.86. The first-order valence-corrected chi connectivity index (χ1v) is 8.54. The molecule has 1 aromatic carbocycles. The number of halogens is 1. The highest BCUT2D eigenvalue weighted by Crippen LogP contribution is 2.32. The molecule has 0 saturated carbocycles. The lowest BCUT2D eigenvalue weighted by atomic mass is 9.99. The maximum absolute atomic E-state index is 12.2. The van der Waals surface area contributed by atoms with Gasteiger partial charge in [0.2, 0.25) is 0 Å². The van der Waals surface area contributed by atoms with Gasteiger partial charge in [0.05, 0.1) is 0 Å². The molecule has 0 aliphatic carbocycles. The molecule has 4 nitrogen and oxygen atoms in total. The van der Waals surface area contributed by atoms with Crippen molar-refractivity contribution in [1.29, 1.82) is 0 Å². The van der Waals surface area contributed by atoms with Gasteiger partial charge in [-0.3, -0.25) is 0 Å². The van der Waals surface area contributed by atoms with E-state index in [1.807, 2.05) is 40.0 Å². The highest BCUT2D eigenvalue weighted by molar-refractivity contribution is 6.31. The molecule has 0 atom stereocenters. The van der Waals surface area contributed by atoms with Crippen molar-refractivity contribution in [1.82, 2.24) is 9.47 Å². The van der Waals surface area contributed by atoms with Crippen molar-refractivity contribution in [2.75, 3.05) is 13.1 Å². The minimum absolute atomic E-state index is 0.248. The number of aromatic nitrogens is 1. The van der Waals surface area contributed by atoms with Crippen LogP contribution in [0.15, 0.2) is 30.5 Å². The van der Waals surface area contributed by atoms with Gasteiger partial charge in [-0.2, -0.15) is 0 Å². The summed E-state index contributed by atoms with van der Waals surface area (Å²) in [6, 6.07) is 5.97. The number of fused-ring (bicyclic) bond motifs is 1. The summed E-state index contributed by atoms with van der Waals surface area (Å²) in [5, 5.41) is 1.93. The van der Waals surface area contributed by atoms with Gasteiger partial charge in [-0.25, -0.2) is 4.79 Å². The van der Waals surface area contributed by atoms with Crippen LogP contribution in [-0.4, -0.2) is 34.3 Å². The Morgan fingerprint density at radius 1 is 1.29 bits per heavy atom. The van der Waals surface area contributed by atoms with E-state index in [2.05, 4.69) is 22.9 Å². The van der Waals surface area contributed by atoms with Gasteiger partial charge in [-0.15, -0.1) is 0 Å². The summed E-state index contributed by atoms with van der Waals surface area (Å²) in [6.45, 7) is 6.91. The van der Waals surface area contributed by atoms with Gasteiger partial charge in [-0.05, 0) is 44.9 Å². The Kier molecular flexibility index (Phi) is 4.35. The average molecular weight is 347 g/mol. The van der Waals surface area contributed by atoms with Crippen molar-refractivity contribution in [2.45, 2.75) is 32.8 Å². The maximum atomic E-state index is 12.2. The zero-order valence-electron chi connectivity index (χ0n) is 14.6. The Morgan fingerprint density at radius 2 is 2.04 bits per heavy atom. The second-order valence-electron chi connectivity index (χ2n) is 7.22. The Labute approximate surface area is 147 Å². The number of benzene rings is 1. The molecule has 3 rings (SSSR count). The molecule has 0 fully saturated rings. The molecule has 5 heteroatoms. The van der Waals surface area contributed by atoms with Crippen LogP contribution < -0.4 is 0 Å². The number of hydrogen-bond acceptors (Lipinski definition) is 2. The first-order valence-electron chi connectivity index (χ1n) is 8.16. The standard InChI is InChI=1S/C19H23ClN2O2/c1-19(2,3)24-18(23)22-9-7-13(8-10-22)16-12-21(4)17-11-14(20)5-6-15(16)17/h5-7,11-12H,8-10H2,1-4H3. The Bertz CT molecular complexity index is 815. The van der Waals surface area contributed by atoms with E-state index < -0.39 is 5.60 Å². The summed E-state index contributed by atoms with van der Waals surface area (Å²) in [6.07, 6.45) is 4.83. The number of hydrogen-bond donors (Lipinski definition) is 0. The van der Waals surface area contributed by atoms with E-state index in [4.69, 9.17) is 16.3 Å². The molecule has 0 saturated heterocycles. The van der Waals surface area contributed by atoms with E-state index in [-0.39, 0.29) is 6.09 Å². The predicted molar refractivity (Wildman–Crippen MR) is 98.3 cm³/mol. The van der Waals surface area contributed by atoms with Gasteiger partial charge in [0.25, 0.3) is 0 Å². The second-order valence-corrected chi connectivity index (χ2v) is 7.66. The van der Waals surface area contributed by atoms with Crippen LogP contribution in [-0.2, 0) is 11.8 Å². The van der Waals surface area contributed by atoms with Crippen LogP contribution in [0.5, 0.6) is 0 Å². The van der Waals surface area contributed by atoms with Crippen LogP contribution >= 0.6 is 11.6 Å². The molecular weight excluding hydrogens is 324 g/mol. The summed E-state index contributed by atoms with van der Waals surface area (Å²) in [5.74, 6) is 0. The third-order valence-corrected chi connectivity index (χ3v) is 4.39. The van der Waals surface area contributed by atoms with Crippen LogP contribution in [0.3, 0.4) is 0 Å². The number of amides is 1. The molecule has 0 bridgehead atoms. The molecular formula is C19H23ClN2O2. The molecule has 0 N–H and O–H groups in total. The lowest BCUT2D eigenvalue weighted by molar-refractivity contribution is 0.0270. The molecule has 0 spiro atoms.